The first-order valence-corrected chi connectivity index (χ1v) is 6.77. The highest BCUT2D eigenvalue weighted by atomic mass is 16.5. The predicted molar refractivity (Wildman–Crippen MR) is 83.2 cm³/mol. The standard InChI is InChI=1S/C16H18N2O4/c1-10-9-13(20)5-8-15(10)18-16(21)17-11(2)22-14-6-3-12(19)4-7-14/h3-9,11,19-20H,1-2H3,(H2,17,18,21). The van der Waals surface area contributed by atoms with Crippen LogP contribution >= 0.6 is 0 Å². The number of aromatic hydroxyl groups is 2. The van der Waals surface area contributed by atoms with Crippen molar-refractivity contribution in [1.29, 1.82) is 0 Å². The van der Waals surface area contributed by atoms with E-state index in [2.05, 4.69) is 10.6 Å². The minimum Gasteiger partial charge on any atom is -0.508 e. The second-order valence-electron chi connectivity index (χ2n) is 4.85. The van der Waals surface area contributed by atoms with Gasteiger partial charge in [0.2, 0.25) is 0 Å². The van der Waals surface area contributed by atoms with Crippen molar-refractivity contribution in [3.8, 4) is 17.2 Å². The predicted octanol–water partition coefficient (Wildman–Crippen LogP) is 2.95. The summed E-state index contributed by atoms with van der Waals surface area (Å²) in [5.74, 6) is 0.826. The van der Waals surface area contributed by atoms with Gasteiger partial charge in [-0.15, -0.1) is 0 Å². The minimum absolute atomic E-state index is 0.146. The van der Waals surface area contributed by atoms with Crippen LogP contribution in [-0.4, -0.2) is 22.5 Å². The molecule has 6 nitrogen and oxygen atoms in total. The molecule has 0 aliphatic heterocycles. The average Bonchev–Trinajstić information content (AvgIpc) is 2.44. The summed E-state index contributed by atoms with van der Waals surface area (Å²) in [7, 11) is 0. The van der Waals surface area contributed by atoms with Crippen LogP contribution < -0.4 is 15.4 Å². The van der Waals surface area contributed by atoms with E-state index in [9.17, 15) is 15.0 Å². The lowest BCUT2D eigenvalue weighted by Crippen LogP contribution is -2.39. The number of carbonyl (C=O) groups is 1. The van der Waals surface area contributed by atoms with Gasteiger partial charge in [0.15, 0.2) is 6.23 Å². The first-order valence-electron chi connectivity index (χ1n) is 6.77. The highest BCUT2D eigenvalue weighted by Crippen LogP contribution is 2.20. The fraction of sp³-hybridized carbons (Fsp3) is 0.188. The van der Waals surface area contributed by atoms with Gasteiger partial charge in [-0.05, 0) is 61.9 Å². The van der Waals surface area contributed by atoms with Gasteiger partial charge < -0.3 is 25.6 Å². The fourth-order valence-corrected chi connectivity index (χ4v) is 1.89. The van der Waals surface area contributed by atoms with E-state index >= 15 is 0 Å². The number of anilines is 1. The molecule has 116 valence electrons. The molecule has 2 aromatic carbocycles. The molecule has 0 fully saturated rings. The minimum atomic E-state index is -0.554. The summed E-state index contributed by atoms with van der Waals surface area (Å²) in [5.41, 5.74) is 1.36. The molecule has 0 spiro atoms. The largest absolute Gasteiger partial charge is 0.508 e. The van der Waals surface area contributed by atoms with Crippen molar-refractivity contribution in [2.24, 2.45) is 0 Å². The lowest BCUT2D eigenvalue weighted by molar-refractivity contribution is 0.183. The number of nitrogens with one attached hydrogen (secondary N) is 2. The third-order valence-electron chi connectivity index (χ3n) is 2.94. The molecule has 0 saturated heterocycles. The Bertz CT molecular complexity index is 656. The zero-order valence-corrected chi connectivity index (χ0v) is 12.3. The van der Waals surface area contributed by atoms with E-state index in [-0.39, 0.29) is 11.5 Å². The van der Waals surface area contributed by atoms with Crippen LogP contribution in [0.2, 0.25) is 0 Å². The summed E-state index contributed by atoms with van der Waals surface area (Å²) in [6.07, 6.45) is -0.554. The Kier molecular flexibility index (Phi) is 4.73. The van der Waals surface area contributed by atoms with E-state index < -0.39 is 12.3 Å². The summed E-state index contributed by atoms with van der Waals surface area (Å²) >= 11 is 0. The molecular weight excluding hydrogens is 284 g/mol. The number of ether oxygens (including phenoxy) is 1. The number of hydrogen-bond donors (Lipinski definition) is 4. The van der Waals surface area contributed by atoms with Gasteiger partial charge in [-0.1, -0.05) is 0 Å². The topological polar surface area (TPSA) is 90.8 Å². The van der Waals surface area contributed by atoms with Gasteiger partial charge in [-0.3, -0.25) is 0 Å². The van der Waals surface area contributed by atoms with Gasteiger partial charge >= 0.3 is 6.03 Å². The first kappa shape index (κ1) is 15.5. The van der Waals surface area contributed by atoms with E-state index in [1.165, 1.54) is 18.2 Å². The second-order valence-corrected chi connectivity index (χ2v) is 4.85. The molecule has 4 N–H and O–H groups in total. The summed E-state index contributed by atoms with van der Waals surface area (Å²) in [4.78, 5) is 11.9. The molecule has 0 saturated carbocycles. The summed E-state index contributed by atoms with van der Waals surface area (Å²) < 4.78 is 5.50. The maximum Gasteiger partial charge on any atom is 0.322 e. The van der Waals surface area contributed by atoms with Crippen molar-refractivity contribution < 1.29 is 19.7 Å². The van der Waals surface area contributed by atoms with E-state index in [0.717, 1.165) is 5.56 Å². The van der Waals surface area contributed by atoms with E-state index in [1.807, 2.05) is 0 Å². The van der Waals surface area contributed by atoms with E-state index in [1.54, 1.807) is 38.1 Å². The molecule has 0 bridgehead atoms. The molecule has 0 radical (unpaired) electrons. The van der Waals surface area contributed by atoms with Crippen LogP contribution in [0.3, 0.4) is 0 Å². The van der Waals surface area contributed by atoms with Gasteiger partial charge in [0, 0.05) is 5.69 Å². The third kappa shape index (κ3) is 4.31. The lowest BCUT2D eigenvalue weighted by atomic mass is 10.2. The Morgan fingerprint density at radius 2 is 1.73 bits per heavy atom. The SMILES string of the molecule is Cc1cc(O)ccc1NC(=O)NC(C)Oc1ccc(O)cc1. The molecule has 2 aromatic rings. The number of amides is 2. The number of urea groups is 1. The van der Waals surface area contributed by atoms with Gasteiger partial charge in [0.1, 0.15) is 17.2 Å². The number of phenols is 2. The average molecular weight is 302 g/mol. The zero-order valence-electron chi connectivity index (χ0n) is 12.3. The molecule has 6 heteroatoms. The molecule has 0 heterocycles. The van der Waals surface area contributed by atoms with Crippen molar-refractivity contribution in [1.82, 2.24) is 5.32 Å². The van der Waals surface area contributed by atoms with Gasteiger partial charge in [-0.2, -0.15) is 0 Å². The normalized spacial score (nSPS) is 11.5. The van der Waals surface area contributed by atoms with Crippen LogP contribution in [0.5, 0.6) is 17.2 Å². The molecule has 22 heavy (non-hydrogen) atoms. The van der Waals surface area contributed by atoms with Crippen LogP contribution in [-0.2, 0) is 0 Å². The van der Waals surface area contributed by atoms with Crippen molar-refractivity contribution >= 4 is 11.7 Å². The number of rotatable bonds is 4. The Balaban J connectivity index is 1.89. The highest BCUT2D eigenvalue weighted by molar-refractivity contribution is 5.90. The Hall–Kier alpha value is -2.89. The van der Waals surface area contributed by atoms with Gasteiger partial charge in [-0.25, -0.2) is 4.79 Å². The van der Waals surface area contributed by atoms with Crippen LogP contribution in [0.15, 0.2) is 42.5 Å². The van der Waals surface area contributed by atoms with Crippen molar-refractivity contribution in [2.75, 3.05) is 5.32 Å². The zero-order chi connectivity index (χ0) is 16.1. The molecule has 0 aliphatic carbocycles. The number of aryl methyl sites for hydroxylation is 1. The Morgan fingerprint density at radius 3 is 2.36 bits per heavy atom. The van der Waals surface area contributed by atoms with Crippen LogP contribution in [0.1, 0.15) is 12.5 Å². The Morgan fingerprint density at radius 1 is 1.09 bits per heavy atom. The lowest BCUT2D eigenvalue weighted by Gasteiger charge is -2.17. The third-order valence-corrected chi connectivity index (χ3v) is 2.94. The molecular formula is C16H18N2O4. The molecule has 1 unspecified atom stereocenters. The molecule has 2 amide bonds. The molecule has 2 rings (SSSR count). The van der Waals surface area contributed by atoms with Crippen LogP contribution in [0, 0.1) is 6.92 Å². The maximum absolute atomic E-state index is 11.9. The summed E-state index contributed by atoms with van der Waals surface area (Å²) in [6, 6.07) is 10.5. The van der Waals surface area contributed by atoms with Crippen molar-refractivity contribution in [2.45, 2.75) is 20.1 Å². The smallest absolute Gasteiger partial charge is 0.322 e. The maximum atomic E-state index is 11.9. The van der Waals surface area contributed by atoms with Crippen LogP contribution in [0.25, 0.3) is 0 Å². The number of phenolic OH excluding ortho intramolecular Hbond substituents is 2. The first-order chi connectivity index (χ1) is 10.4. The number of hydrogen-bond acceptors (Lipinski definition) is 4. The Labute approximate surface area is 128 Å². The quantitative estimate of drug-likeness (QED) is 0.516. The number of benzene rings is 2. The summed E-state index contributed by atoms with van der Waals surface area (Å²) in [5, 5.41) is 23.8. The molecule has 0 aromatic heterocycles. The van der Waals surface area contributed by atoms with Gasteiger partial charge in [0.25, 0.3) is 0 Å². The van der Waals surface area contributed by atoms with Crippen molar-refractivity contribution in [3.05, 3.63) is 48.0 Å². The summed E-state index contributed by atoms with van der Waals surface area (Å²) in [6.45, 7) is 3.47. The molecule has 0 aliphatic rings. The second kappa shape index (κ2) is 6.71. The van der Waals surface area contributed by atoms with E-state index in [0.29, 0.717) is 11.4 Å². The van der Waals surface area contributed by atoms with Gasteiger partial charge in [0.05, 0.1) is 0 Å². The fourth-order valence-electron chi connectivity index (χ4n) is 1.89. The molecule has 1 atom stereocenters. The monoisotopic (exact) mass is 302 g/mol. The highest BCUT2D eigenvalue weighted by Gasteiger charge is 2.10. The number of carbonyl (C=O) groups excluding carboxylic acids is 1. The van der Waals surface area contributed by atoms with Crippen LogP contribution in [0.4, 0.5) is 10.5 Å². The van der Waals surface area contributed by atoms with E-state index in [4.69, 9.17) is 4.74 Å². The van der Waals surface area contributed by atoms with Crippen molar-refractivity contribution in [3.63, 3.8) is 0 Å².